The summed E-state index contributed by atoms with van der Waals surface area (Å²) in [6.45, 7) is -0.208. The summed E-state index contributed by atoms with van der Waals surface area (Å²) in [7, 11) is 0. The Morgan fingerprint density at radius 2 is 1.67 bits per heavy atom. The van der Waals surface area contributed by atoms with Crippen LogP contribution in [0, 0.1) is 0 Å². The number of hydrogen-bond acceptors (Lipinski definition) is 4. The topological polar surface area (TPSA) is 76.9 Å². The third-order valence-corrected chi connectivity index (χ3v) is 5.06. The van der Waals surface area contributed by atoms with E-state index in [-0.39, 0.29) is 24.1 Å². The molecule has 0 fully saturated rings. The average molecular weight is 419 g/mol. The second-order valence-electron chi connectivity index (χ2n) is 6.93. The molecule has 1 amide bonds. The minimum Gasteiger partial charge on any atom is -0.347 e. The molecule has 3 aromatic carbocycles. The Morgan fingerprint density at radius 3 is 2.43 bits per heavy atom. The van der Waals surface area contributed by atoms with Gasteiger partial charge in [0.2, 0.25) is 5.91 Å². The highest BCUT2D eigenvalue weighted by atomic mass is 35.5. The van der Waals surface area contributed by atoms with E-state index in [1.54, 1.807) is 24.3 Å². The molecule has 4 rings (SSSR count). The molecule has 0 saturated heterocycles. The van der Waals surface area contributed by atoms with Gasteiger partial charge in [0, 0.05) is 5.02 Å². The van der Waals surface area contributed by atoms with E-state index in [2.05, 4.69) is 15.6 Å². The number of nitrogens with one attached hydrogen (secondary N) is 1. The molecule has 0 bridgehead atoms. The molecule has 0 aliphatic rings. The van der Waals surface area contributed by atoms with Crippen molar-refractivity contribution < 1.29 is 4.79 Å². The van der Waals surface area contributed by atoms with Gasteiger partial charge in [-0.15, -0.1) is 5.10 Å². The molecular formula is C23H19ClN4O2. The maximum absolute atomic E-state index is 12.8. The number of carbonyl (C=O) groups is 1. The van der Waals surface area contributed by atoms with Gasteiger partial charge in [0.1, 0.15) is 12.1 Å². The maximum Gasteiger partial charge on any atom is 0.278 e. The van der Waals surface area contributed by atoms with E-state index in [0.717, 1.165) is 15.8 Å². The molecule has 0 radical (unpaired) electrons. The fraction of sp³-hybridized carbons (Fsp3) is 0.130. The smallest absolute Gasteiger partial charge is 0.278 e. The van der Waals surface area contributed by atoms with Crippen molar-refractivity contribution in [3.63, 3.8) is 0 Å². The highest BCUT2D eigenvalue weighted by Gasteiger charge is 2.17. The van der Waals surface area contributed by atoms with Crippen LogP contribution in [-0.4, -0.2) is 20.9 Å². The number of amides is 1. The normalized spacial score (nSPS) is 11.9. The Morgan fingerprint density at radius 1 is 0.967 bits per heavy atom. The Kier molecular flexibility index (Phi) is 5.86. The fourth-order valence-electron chi connectivity index (χ4n) is 3.30. The summed E-state index contributed by atoms with van der Waals surface area (Å²) in [6, 6.07) is 23.9. The van der Waals surface area contributed by atoms with Gasteiger partial charge in [0.25, 0.3) is 5.56 Å². The molecule has 150 valence electrons. The van der Waals surface area contributed by atoms with Crippen LogP contribution in [0.4, 0.5) is 0 Å². The van der Waals surface area contributed by atoms with Crippen molar-refractivity contribution in [1.82, 2.24) is 20.3 Å². The molecule has 7 heteroatoms. The Labute approximate surface area is 178 Å². The van der Waals surface area contributed by atoms with E-state index >= 15 is 0 Å². The molecule has 6 nitrogen and oxygen atoms in total. The summed E-state index contributed by atoms with van der Waals surface area (Å²) < 4.78 is 1.09. The first kappa shape index (κ1) is 19.8. The van der Waals surface area contributed by atoms with Gasteiger partial charge in [0.15, 0.2) is 0 Å². The molecule has 1 atom stereocenters. The van der Waals surface area contributed by atoms with Crippen LogP contribution in [0.2, 0.25) is 5.02 Å². The van der Waals surface area contributed by atoms with E-state index in [1.165, 1.54) is 0 Å². The SMILES string of the molecule is O=C(Cn1nnc2ccccc2c1=O)NC(Cc1ccc(Cl)cc1)c1ccccc1. The van der Waals surface area contributed by atoms with Crippen molar-refractivity contribution in [3.8, 4) is 0 Å². The zero-order valence-electron chi connectivity index (χ0n) is 16.0. The maximum atomic E-state index is 12.8. The molecule has 0 spiro atoms. The Bertz CT molecular complexity index is 1220. The lowest BCUT2D eigenvalue weighted by molar-refractivity contribution is -0.122. The van der Waals surface area contributed by atoms with Crippen LogP contribution in [0.3, 0.4) is 0 Å². The molecule has 0 aliphatic heterocycles. The van der Waals surface area contributed by atoms with Crippen LogP contribution in [-0.2, 0) is 17.8 Å². The third-order valence-electron chi connectivity index (χ3n) is 4.81. The van der Waals surface area contributed by atoms with Gasteiger partial charge >= 0.3 is 0 Å². The van der Waals surface area contributed by atoms with Crippen molar-refractivity contribution in [2.45, 2.75) is 19.0 Å². The van der Waals surface area contributed by atoms with Gasteiger partial charge < -0.3 is 5.32 Å². The molecule has 1 N–H and O–H groups in total. The van der Waals surface area contributed by atoms with Gasteiger partial charge in [-0.3, -0.25) is 9.59 Å². The monoisotopic (exact) mass is 418 g/mol. The number of halogens is 1. The summed E-state index contributed by atoms with van der Waals surface area (Å²) >= 11 is 5.98. The van der Waals surface area contributed by atoms with Gasteiger partial charge in [-0.1, -0.05) is 71.4 Å². The minimum atomic E-state index is -0.343. The van der Waals surface area contributed by atoms with E-state index in [0.29, 0.717) is 22.3 Å². The van der Waals surface area contributed by atoms with Crippen molar-refractivity contribution in [2.24, 2.45) is 0 Å². The number of carbonyl (C=O) groups excluding carboxylic acids is 1. The van der Waals surface area contributed by atoms with Crippen molar-refractivity contribution in [3.05, 3.63) is 105 Å². The van der Waals surface area contributed by atoms with Gasteiger partial charge in [0.05, 0.1) is 11.4 Å². The van der Waals surface area contributed by atoms with Gasteiger partial charge in [-0.2, -0.15) is 0 Å². The second kappa shape index (κ2) is 8.88. The van der Waals surface area contributed by atoms with E-state index in [9.17, 15) is 9.59 Å². The fourth-order valence-corrected chi connectivity index (χ4v) is 3.42. The van der Waals surface area contributed by atoms with Crippen molar-refractivity contribution in [1.29, 1.82) is 0 Å². The van der Waals surface area contributed by atoms with Gasteiger partial charge in [-0.25, -0.2) is 4.68 Å². The predicted molar refractivity (Wildman–Crippen MR) is 116 cm³/mol. The van der Waals surface area contributed by atoms with Crippen LogP contribution in [0.15, 0.2) is 83.7 Å². The number of fused-ring (bicyclic) bond motifs is 1. The van der Waals surface area contributed by atoms with Gasteiger partial charge in [-0.05, 0) is 41.8 Å². The third kappa shape index (κ3) is 4.55. The lowest BCUT2D eigenvalue weighted by Crippen LogP contribution is -2.36. The van der Waals surface area contributed by atoms with E-state index in [1.807, 2.05) is 54.6 Å². The second-order valence-corrected chi connectivity index (χ2v) is 7.37. The zero-order chi connectivity index (χ0) is 20.9. The summed E-state index contributed by atoms with van der Waals surface area (Å²) in [5.41, 5.74) is 2.17. The summed E-state index contributed by atoms with van der Waals surface area (Å²) in [6.07, 6.45) is 0.589. The standard InChI is InChI=1S/C23H19ClN4O2/c24-18-12-10-16(11-13-18)14-21(17-6-2-1-3-7-17)25-22(29)15-28-23(30)19-8-4-5-9-20(19)26-27-28/h1-13,21H,14-15H2,(H,25,29). The largest absolute Gasteiger partial charge is 0.347 e. The van der Waals surface area contributed by atoms with Crippen LogP contribution in [0.25, 0.3) is 10.9 Å². The lowest BCUT2D eigenvalue weighted by Gasteiger charge is -2.20. The number of hydrogen-bond donors (Lipinski definition) is 1. The van der Waals surface area contributed by atoms with Crippen LogP contribution < -0.4 is 10.9 Å². The number of aromatic nitrogens is 3. The quantitative estimate of drug-likeness (QED) is 0.519. The van der Waals surface area contributed by atoms with Crippen molar-refractivity contribution in [2.75, 3.05) is 0 Å². The summed E-state index contributed by atoms with van der Waals surface area (Å²) in [5.74, 6) is -0.315. The number of nitrogens with zero attached hydrogens (tertiary/aromatic N) is 3. The lowest BCUT2D eigenvalue weighted by atomic mass is 9.99. The highest BCUT2D eigenvalue weighted by molar-refractivity contribution is 6.30. The minimum absolute atomic E-state index is 0.208. The first-order valence-electron chi connectivity index (χ1n) is 9.51. The summed E-state index contributed by atoms with van der Waals surface area (Å²) in [4.78, 5) is 25.4. The molecule has 1 heterocycles. The van der Waals surface area contributed by atoms with E-state index < -0.39 is 0 Å². The Balaban J connectivity index is 1.55. The van der Waals surface area contributed by atoms with Crippen molar-refractivity contribution >= 4 is 28.4 Å². The molecule has 1 unspecified atom stereocenters. The van der Waals surface area contributed by atoms with Crippen LogP contribution in [0.5, 0.6) is 0 Å². The molecule has 1 aromatic heterocycles. The number of rotatable bonds is 6. The average Bonchev–Trinajstić information content (AvgIpc) is 2.77. The predicted octanol–water partition coefficient (Wildman–Crippen LogP) is 3.55. The molecule has 0 aliphatic carbocycles. The summed E-state index contributed by atoms with van der Waals surface area (Å²) in [5, 5.41) is 12.0. The first-order valence-corrected chi connectivity index (χ1v) is 9.89. The van der Waals surface area contributed by atoms with Crippen LogP contribution in [0.1, 0.15) is 17.2 Å². The zero-order valence-corrected chi connectivity index (χ0v) is 16.8. The molecular weight excluding hydrogens is 400 g/mol. The molecule has 4 aromatic rings. The molecule has 0 saturated carbocycles. The van der Waals surface area contributed by atoms with Crippen LogP contribution >= 0.6 is 11.6 Å². The van der Waals surface area contributed by atoms with E-state index in [4.69, 9.17) is 11.6 Å². The number of benzene rings is 3. The first-order chi connectivity index (χ1) is 14.6. The Hall–Kier alpha value is -3.51. The highest BCUT2D eigenvalue weighted by Crippen LogP contribution is 2.20. The molecule has 30 heavy (non-hydrogen) atoms.